The highest BCUT2D eigenvalue weighted by Crippen LogP contribution is 2.38. The van der Waals surface area contributed by atoms with Crippen LogP contribution in [-0.2, 0) is 14.3 Å². The van der Waals surface area contributed by atoms with Gasteiger partial charge in [0.15, 0.2) is 0 Å². The second-order valence-electron chi connectivity index (χ2n) is 7.11. The molecule has 13 heteroatoms. The molecule has 176 valence electrons. The Morgan fingerprint density at radius 1 is 1.09 bits per heavy atom. The third-order valence-electron chi connectivity index (χ3n) is 4.30. The molecule has 2 aromatic rings. The first-order valence-electron chi connectivity index (χ1n) is 9.71. The molecule has 1 aliphatic heterocycles. The number of carbonyl (C=O) groups is 3. The van der Waals surface area contributed by atoms with Gasteiger partial charge in [-0.1, -0.05) is 18.2 Å². The van der Waals surface area contributed by atoms with Gasteiger partial charge in [-0.3, -0.25) is 39.5 Å². The summed E-state index contributed by atoms with van der Waals surface area (Å²) < 4.78 is 10.6. The molecule has 1 fully saturated rings. The van der Waals surface area contributed by atoms with Crippen molar-refractivity contribution in [1.29, 1.82) is 0 Å². The van der Waals surface area contributed by atoms with Crippen LogP contribution in [0.2, 0.25) is 0 Å². The fraction of sp³-hybridized carbons (Fsp3) is 0.190. The van der Waals surface area contributed by atoms with Crippen molar-refractivity contribution in [3.63, 3.8) is 0 Å². The van der Waals surface area contributed by atoms with E-state index < -0.39 is 51.0 Å². The molecule has 34 heavy (non-hydrogen) atoms. The van der Waals surface area contributed by atoms with E-state index in [1.807, 2.05) is 0 Å². The van der Waals surface area contributed by atoms with Crippen LogP contribution in [0.1, 0.15) is 19.4 Å². The van der Waals surface area contributed by atoms with Gasteiger partial charge in [0.2, 0.25) is 5.75 Å². The Morgan fingerprint density at radius 3 is 2.44 bits per heavy atom. The van der Waals surface area contributed by atoms with Gasteiger partial charge in [-0.15, -0.1) is 0 Å². The number of nitro groups is 2. The number of hydrogen-bond donors (Lipinski definition) is 0. The lowest BCUT2D eigenvalue weighted by atomic mass is 10.1. The molecule has 0 radical (unpaired) electrons. The Morgan fingerprint density at radius 2 is 1.79 bits per heavy atom. The van der Waals surface area contributed by atoms with Gasteiger partial charge in [0.05, 0.1) is 26.9 Å². The normalized spacial score (nSPS) is 14.6. The van der Waals surface area contributed by atoms with E-state index in [1.165, 1.54) is 12.1 Å². The Bertz CT molecular complexity index is 1230. The minimum Gasteiger partial charge on any atom is -0.462 e. The molecule has 1 heterocycles. The van der Waals surface area contributed by atoms with Crippen molar-refractivity contribution in [1.82, 2.24) is 4.90 Å². The standard InChI is InChI=1S/C21H17N3O9S/c1-12(2)32-19(25)11-22-20(26)18(34-21(22)27)9-13-5-3-4-6-16(13)33-17-8-7-14(23(28)29)10-15(17)24(30)31/h3-10,12H,11H2,1-2H3/b18-9+. The largest absolute Gasteiger partial charge is 0.462 e. The van der Waals surface area contributed by atoms with Crippen molar-refractivity contribution in [2.45, 2.75) is 20.0 Å². The number of imide groups is 1. The maximum atomic E-state index is 12.7. The number of para-hydroxylation sites is 1. The van der Waals surface area contributed by atoms with Crippen LogP contribution in [0.25, 0.3) is 6.08 Å². The summed E-state index contributed by atoms with van der Waals surface area (Å²) >= 11 is 0.618. The van der Waals surface area contributed by atoms with E-state index in [-0.39, 0.29) is 16.4 Å². The number of rotatable bonds is 8. The number of nitrogens with zero attached hydrogens (tertiary/aromatic N) is 3. The van der Waals surface area contributed by atoms with Crippen molar-refractivity contribution in [3.05, 3.63) is 73.2 Å². The zero-order chi connectivity index (χ0) is 25.0. The fourth-order valence-electron chi connectivity index (χ4n) is 2.87. The smallest absolute Gasteiger partial charge is 0.326 e. The van der Waals surface area contributed by atoms with Gasteiger partial charge in [-0.2, -0.15) is 0 Å². The van der Waals surface area contributed by atoms with Crippen molar-refractivity contribution < 1.29 is 33.7 Å². The molecule has 0 N–H and O–H groups in total. The van der Waals surface area contributed by atoms with Gasteiger partial charge in [-0.05, 0) is 43.8 Å². The molecule has 0 unspecified atom stereocenters. The Kier molecular flexibility index (Phi) is 7.26. The van der Waals surface area contributed by atoms with Crippen molar-refractivity contribution in [3.8, 4) is 11.5 Å². The van der Waals surface area contributed by atoms with Crippen LogP contribution in [0.4, 0.5) is 16.2 Å². The molecule has 3 rings (SSSR count). The van der Waals surface area contributed by atoms with Gasteiger partial charge in [0.1, 0.15) is 12.3 Å². The first-order chi connectivity index (χ1) is 16.1. The zero-order valence-corrected chi connectivity index (χ0v) is 18.6. The fourth-order valence-corrected chi connectivity index (χ4v) is 3.70. The average Bonchev–Trinajstić information content (AvgIpc) is 3.01. The molecule has 1 aliphatic rings. The molecule has 0 aromatic heterocycles. The molecule has 2 amide bonds. The minimum atomic E-state index is -0.813. The van der Waals surface area contributed by atoms with E-state index in [0.29, 0.717) is 17.3 Å². The van der Waals surface area contributed by atoms with E-state index in [0.717, 1.165) is 23.1 Å². The van der Waals surface area contributed by atoms with Gasteiger partial charge >= 0.3 is 11.7 Å². The van der Waals surface area contributed by atoms with E-state index in [9.17, 15) is 34.6 Å². The van der Waals surface area contributed by atoms with Crippen molar-refractivity contribution >= 4 is 46.3 Å². The lowest BCUT2D eigenvalue weighted by Gasteiger charge is -2.13. The number of non-ortho nitro benzene ring substituents is 1. The summed E-state index contributed by atoms with van der Waals surface area (Å²) in [5.74, 6) is -1.58. The van der Waals surface area contributed by atoms with Crippen LogP contribution in [0, 0.1) is 20.2 Å². The monoisotopic (exact) mass is 487 g/mol. The number of benzene rings is 2. The van der Waals surface area contributed by atoms with Crippen molar-refractivity contribution in [2.24, 2.45) is 0 Å². The van der Waals surface area contributed by atoms with E-state index in [1.54, 1.807) is 32.0 Å². The average molecular weight is 487 g/mol. The Labute approximate surface area is 196 Å². The van der Waals surface area contributed by atoms with Crippen LogP contribution in [0.5, 0.6) is 11.5 Å². The number of amides is 2. The van der Waals surface area contributed by atoms with Crippen LogP contribution in [0.3, 0.4) is 0 Å². The molecule has 0 spiro atoms. The van der Waals surface area contributed by atoms with E-state index in [4.69, 9.17) is 9.47 Å². The molecule has 2 aromatic carbocycles. The second-order valence-corrected chi connectivity index (χ2v) is 8.11. The molecular weight excluding hydrogens is 470 g/mol. The van der Waals surface area contributed by atoms with E-state index in [2.05, 4.69) is 0 Å². The quantitative estimate of drug-likeness (QED) is 0.227. The summed E-state index contributed by atoms with van der Waals surface area (Å²) in [6.07, 6.45) is 0.945. The highest BCUT2D eigenvalue weighted by atomic mass is 32.2. The molecule has 0 saturated carbocycles. The van der Waals surface area contributed by atoms with Crippen LogP contribution < -0.4 is 4.74 Å². The van der Waals surface area contributed by atoms with Crippen LogP contribution in [-0.4, -0.2) is 44.5 Å². The molecule has 12 nitrogen and oxygen atoms in total. The van der Waals surface area contributed by atoms with Gasteiger partial charge < -0.3 is 9.47 Å². The predicted molar refractivity (Wildman–Crippen MR) is 120 cm³/mol. The summed E-state index contributed by atoms with van der Waals surface area (Å²) in [5.41, 5.74) is -0.782. The van der Waals surface area contributed by atoms with Gasteiger partial charge in [0.25, 0.3) is 16.8 Å². The maximum absolute atomic E-state index is 12.7. The summed E-state index contributed by atoms with van der Waals surface area (Å²) in [4.78, 5) is 58.3. The number of hydrogen-bond acceptors (Lipinski definition) is 10. The zero-order valence-electron chi connectivity index (χ0n) is 17.8. The second kappa shape index (κ2) is 10.1. The number of esters is 1. The van der Waals surface area contributed by atoms with Gasteiger partial charge in [-0.25, -0.2) is 0 Å². The lowest BCUT2D eigenvalue weighted by molar-refractivity contribution is -0.394. The van der Waals surface area contributed by atoms with Crippen LogP contribution >= 0.6 is 11.8 Å². The first-order valence-corrected chi connectivity index (χ1v) is 10.5. The molecule has 0 aliphatic carbocycles. The topological polar surface area (TPSA) is 159 Å². The molecular formula is C21H17N3O9S. The number of ether oxygens (including phenoxy) is 2. The minimum absolute atomic E-state index is 0.0107. The predicted octanol–water partition coefficient (Wildman–Crippen LogP) is 4.28. The molecule has 1 saturated heterocycles. The maximum Gasteiger partial charge on any atom is 0.326 e. The number of thioether (sulfide) groups is 1. The van der Waals surface area contributed by atoms with Gasteiger partial charge in [0, 0.05) is 11.6 Å². The SMILES string of the molecule is CC(C)OC(=O)CN1C(=O)S/C(=C/c2ccccc2Oc2ccc([N+](=O)[O-])cc2[N+](=O)[O-])C1=O. The van der Waals surface area contributed by atoms with Crippen LogP contribution in [0.15, 0.2) is 47.4 Å². The Balaban J connectivity index is 1.89. The summed E-state index contributed by atoms with van der Waals surface area (Å²) in [7, 11) is 0. The summed E-state index contributed by atoms with van der Waals surface area (Å²) in [6, 6.07) is 9.16. The highest BCUT2D eigenvalue weighted by Gasteiger charge is 2.37. The van der Waals surface area contributed by atoms with E-state index >= 15 is 0 Å². The third-order valence-corrected chi connectivity index (χ3v) is 5.21. The highest BCUT2D eigenvalue weighted by molar-refractivity contribution is 8.18. The number of carbonyl (C=O) groups excluding carboxylic acids is 3. The number of nitro benzene ring substituents is 2. The Hall–Kier alpha value is -4.26. The molecule has 0 bridgehead atoms. The molecule has 0 atom stereocenters. The van der Waals surface area contributed by atoms with Crippen molar-refractivity contribution in [2.75, 3.05) is 6.54 Å². The lowest BCUT2D eigenvalue weighted by Crippen LogP contribution is -2.35. The summed E-state index contributed by atoms with van der Waals surface area (Å²) in [6.45, 7) is 2.74. The summed E-state index contributed by atoms with van der Waals surface area (Å²) in [5, 5.41) is 21.7. The third kappa shape index (κ3) is 5.56. The first kappa shape index (κ1) is 24.4.